The summed E-state index contributed by atoms with van der Waals surface area (Å²) >= 11 is 0. The summed E-state index contributed by atoms with van der Waals surface area (Å²) in [6.45, 7) is 10.9. The van der Waals surface area contributed by atoms with E-state index < -0.39 is 0 Å². The van der Waals surface area contributed by atoms with Crippen molar-refractivity contribution in [3.63, 3.8) is 0 Å². The minimum atomic E-state index is 0.531. The molecule has 2 rings (SSSR count). The van der Waals surface area contributed by atoms with Crippen LogP contribution < -0.4 is 5.32 Å². The molecule has 1 spiro atoms. The Labute approximate surface area is 88.1 Å². The van der Waals surface area contributed by atoms with Crippen molar-refractivity contribution in [3.8, 4) is 0 Å². The van der Waals surface area contributed by atoms with Crippen molar-refractivity contribution in [2.24, 2.45) is 5.92 Å². The molecule has 0 aromatic rings. The van der Waals surface area contributed by atoms with Crippen LogP contribution in [0.3, 0.4) is 0 Å². The van der Waals surface area contributed by atoms with Gasteiger partial charge < -0.3 is 5.32 Å². The predicted octanol–water partition coefficient (Wildman–Crippen LogP) is 1.86. The molecule has 0 saturated carbocycles. The van der Waals surface area contributed by atoms with Crippen molar-refractivity contribution in [1.29, 1.82) is 0 Å². The first-order valence-electron chi connectivity index (χ1n) is 6.13. The molecule has 2 aliphatic rings. The minimum Gasteiger partial charge on any atom is -0.315 e. The average molecular weight is 196 g/mol. The van der Waals surface area contributed by atoms with Gasteiger partial charge in [0.2, 0.25) is 0 Å². The third-order valence-corrected chi connectivity index (χ3v) is 4.33. The van der Waals surface area contributed by atoms with Gasteiger partial charge in [-0.25, -0.2) is 0 Å². The van der Waals surface area contributed by atoms with Gasteiger partial charge in [0, 0.05) is 18.1 Å². The molecule has 0 amide bonds. The van der Waals surface area contributed by atoms with Gasteiger partial charge in [0.05, 0.1) is 0 Å². The van der Waals surface area contributed by atoms with Gasteiger partial charge in [-0.2, -0.15) is 0 Å². The fourth-order valence-corrected chi connectivity index (χ4v) is 3.14. The van der Waals surface area contributed by atoms with Gasteiger partial charge in [-0.15, -0.1) is 0 Å². The highest BCUT2D eigenvalue weighted by atomic mass is 15.3. The van der Waals surface area contributed by atoms with Crippen LogP contribution >= 0.6 is 0 Å². The van der Waals surface area contributed by atoms with Crippen LogP contribution in [0.25, 0.3) is 0 Å². The molecule has 82 valence electrons. The van der Waals surface area contributed by atoms with E-state index in [-0.39, 0.29) is 0 Å². The summed E-state index contributed by atoms with van der Waals surface area (Å²) < 4.78 is 0. The Morgan fingerprint density at radius 3 is 2.57 bits per heavy atom. The topological polar surface area (TPSA) is 15.3 Å². The Balaban J connectivity index is 2.10. The molecule has 2 nitrogen and oxygen atoms in total. The van der Waals surface area contributed by atoms with Crippen LogP contribution in [0.5, 0.6) is 0 Å². The summed E-state index contributed by atoms with van der Waals surface area (Å²) in [5.41, 5.74) is 0.531. The van der Waals surface area contributed by atoms with Gasteiger partial charge >= 0.3 is 0 Å². The van der Waals surface area contributed by atoms with E-state index in [1.807, 2.05) is 0 Å². The molecule has 2 atom stereocenters. The van der Waals surface area contributed by atoms with E-state index in [9.17, 15) is 0 Å². The zero-order chi connectivity index (χ0) is 10.2. The van der Waals surface area contributed by atoms with Gasteiger partial charge in [0.15, 0.2) is 0 Å². The Kier molecular flexibility index (Phi) is 2.85. The standard InChI is InChI=1S/C12H24N2/c1-10(2)11(3)14-8-4-5-12(14)6-7-13-9-12/h10-11,13H,4-9H2,1-3H3. The summed E-state index contributed by atoms with van der Waals surface area (Å²) in [5, 5.41) is 3.54. The molecule has 2 heteroatoms. The van der Waals surface area contributed by atoms with E-state index in [0.717, 1.165) is 12.0 Å². The van der Waals surface area contributed by atoms with Crippen molar-refractivity contribution >= 4 is 0 Å². The SMILES string of the molecule is CC(C)C(C)N1CCCC12CCNC2. The highest BCUT2D eigenvalue weighted by molar-refractivity contribution is 5.03. The molecule has 0 radical (unpaired) electrons. The molecular weight excluding hydrogens is 172 g/mol. The second-order valence-corrected chi connectivity index (χ2v) is 5.43. The van der Waals surface area contributed by atoms with Crippen LogP contribution in [0.1, 0.15) is 40.0 Å². The van der Waals surface area contributed by atoms with Gasteiger partial charge in [-0.3, -0.25) is 4.90 Å². The van der Waals surface area contributed by atoms with E-state index in [0.29, 0.717) is 5.54 Å². The number of nitrogens with one attached hydrogen (secondary N) is 1. The maximum Gasteiger partial charge on any atom is 0.0349 e. The fraction of sp³-hybridized carbons (Fsp3) is 1.00. The van der Waals surface area contributed by atoms with E-state index in [4.69, 9.17) is 0 Å². The monoisotopic (exact) mass is 196 g/mol. The van der Waals surface area contributed by atoms with Crippen molar-refractivity contribution in [2.75, 3.05) is 19.6 Å². The second-order valence-electron chi connectivity index (χ2n) is 5.43. The number of likely N-dealkylation sites (tertiary alicyclic amines) is 1. The Morgan fingerprint density at radius 2 is 2.00 bits per heavy atom. The highest BCUT2D eigenvalue weighted by Crippen LogP contribution is 2.37. The fourth-order valence-electron chi connectivity index (χ4n) is 3.14. The molecule has 2 aliphatic heterocycles. The summed E-state index contributed by atoms with van der Waals surface area (Å²) in [4.78, 5) is 2.78. The molecule has 1 N–H and O–H groups in total. The summed E-state index contributed by atoms with van der Waals surface area (Å²) in [7, 11) is 0. The maximum absolute atomic E-state index is 3.54. The van der Waals surface area contributed by atoms with Gasteiger partial charge in [0.25, 0.3) is 0 Å². The Hall–Kier alpha value is -0.0800. The number of hydrogen-bond donors (Lipinski definition) is 1. The molecule has 0 aromatic carbocycles. The lowest BCUT2D eigenvalue weighted by molar-refractivity contribution is 0.0844. The largest absolute Gasteiger partial charge is 0.315 e. The molecule has 2 heterocycles. The molecule has 14 heavy (non-hydrogen) atoms. The zero-order valence-electron chi connectivity index (χ0n) is 9.84. The van der Waals surface area contributed by atoms with Crippen LogP contribution in [-0.4, -0.2) is 36.1 Å². The van der Waals surface area contributed by atoms with Crippen molar-refractivity contribution < 1.29 is 0 Å². The quantitative estimate of drug-likeness (QED) is 0.725. The molecule has 2 fully saturated rings. The minimum absolute atomic E-state index is 0.531. The van der Waals surface area contributed by atoms with Crippen LogP contribution in [0, 0.1) is 5.92 Å². The van der Waals surface area contributed by atoms with Gasteiger partial charge in [0.1, 0.15) is 0 Å². The van der Waals surface area contributed by atoms with Crippen LogP contribution in [0.2, 0.25) is 0 Å². The van der Waals surface area contributed by atoms with Crippen molar-refractivity contribution in [1.82, 2.24) is 10.2 Å². The lowest BCUT2D eigenvalue weighted by Crippen LogP contribution is -2.51. The molecule has 0 aliphatic carbocycles. The summed E-state index contributed by atoms with van der Waals surface area (Å²) in [5.74, 6) is 0.783. The van der Waals surface area contributed by atoms with E-state index in [1.54, 1.807) is 0 Å². The van der Waals surface area contributed by atoms with Crippen LogP contribution in [-0.2, 0) is 0 Å². The third-order valence-electron chi connectivity index (χ3n) is 4.33. The molecule has 0 aromatic heterocycles. The Bertz CT molecular complexity index is 189. The molecule has 2 unspecified atom stereocenters. The lowest BCUT2D eigenvalue weighted by atomic mass is 9.92. The summed E-state index contributed by atoms with van der Waals surface area (Å²) in [6, 6.07) is 0.748. The van der Waals surface area contributed by atoms with Crippen molar-refractivity contribution in [2.45, 2.75) is 51.6 Å². The van der Waals surface area contributed by atoms with Gasteiger partial charge in [-0.1, -0.05) is 13.8 Å². The average Bonchev–Trinajstić information content (AvgIpc) is 2.76. The van der Waals surface area contributed by atoms with E-state index >= 15 is 0 Å². The zero-order valence-corrected chi connectivity index (χ0v) is 9.84. The van der Waals surface area contributed by atoms with Crippen molar-refractivity contribution in [3.05, 3.63) is 0 Å². The first-order chi connectivity index (χ1) is 6.66. The summed E-state index contributed by atoms with van der Waals surface area (Å²) in [6.07, 6.45) is 4.18. The number of nitrogens with zero attached hydrogens (tertiary/aromatic N) is 1. The second kappa shape index (κ2) is 3.82. The number of rotatable bonds is 2. The number of hydrogen-bond acceptors (Lipinski definition) is 2. The molecular formula is C12H24N2. The van der Waals surface area contributed by atoms with Gasteiger partial charge in [-0.05, 0) is 45.2 Å². The lowest BCUT2D eigenvalue weighted by Gasteiger charge is -2.40. The van der Waals surface area contributed by atoms with Crippen LogP contribution in [0.15, 0.2) is 0 Å². The smallest absolute Gasteiger partial charge is 0.0349 e. The predicted molar refractivity (Wildman–Crippen MR) is 60.5 cm³/mol. The molecule has 0 bridgehead atoms. The maximum atomic E-state index is 3.54. The Morgan fingerprint density at radius 1 is 1.21 bits per heavy atom. The normalized spacial score (nSPS) is 36.0. The van der Waals surface area contributed by atoms with E-state index in [1.165, 1.54) is 38.9 Å². The molecule has 2 saturated heterocycles. The van der Waals surface area contributed by atoms with Crippen LogP contribution in [0.4, 0.5) is 0 Å². The highest BCUT2D eigenvalue weighted by Gasteiger charge is 2.45. The first-order valence-corrected chi connectivity index (χ1v) is 6.13. The van der Waals surface area contributed by atoms with E-state index in [2.05, 4.69) is 31.0 Å². The third kappa shape index (κ3) is 1.59. The first kappa shape index (κ1) is 10.4.